The summed E-state index contributed by atoms with van der Waals surface area (Å²) in [6.07, 6.45) is 8.12. The van der Waals surface area contributed by atoms with E-state index in [2.05, 4.69) is 20.3 Å². The van der Waals surface area contributed by atoms with Crippen molar-refractivity contribution < 1.29 is 13.5 Å². The van der Waals surface area contributed by atoms with Crippen molar-refractivity contribution >= 4 is 17.8 Å². The molecule has 5 rings (SSSR count). The predicted octanol–water partition coefficient (Wildman–Crippen LogP) is 4.54. The third-order valence-electron chi connectivity index (χ3n) is 7.95. The number of likely N-dealkylation sites (tertiary alicyclic amines) is 1. The Bertz CT molecular complexity index is 741. The van der Waals surface area contributed by atoms with Gasteiger partial charge in [-0.05, 0) is 80.6 Å². The first-order chi connectivity index (χ1) is 15.5. The van der Waals surface area contributed by atoms with E-state index in [0.29, 0.717) is 18.5 Å². The van der Waals surface area contributed by atoms with Crippen LogP contribution in [0.2, 0.25) is 0 Å². The molecular weight excluding hydrogens is 430 g/mol. The Morgan fingerprint density at radius 2 is 1.69 bits per heavy atom. The lowest BCUT2D eigenvalue weighted by Gasteiger charge is -2.41. The van der Waals surface area contributed by atoms with E-state index in [9.17, 15) is 8.78 Å². The lowest BCUT2D eigenvalue weighted by molar-refractivity contribution is -0.0221. The van der Waals surface area contributed by atoms with Crippen molar-refractivity contribution in [2.45, 2.75) is 55.8 Å². The van der Waals surface area contributed by atoms with Gasteiger partial charge in [0.25, 0.3) is 5.92 Å². The minimum atomic E-state index is -2.51. The van der Waals surface area contributed by atoms with E-state index >= 15 is 0 Å². The molecule has 8 heteroatoms. The molecule has 0 radical (unpaired) electrons. The molecule has 0 bridgehead atoms. The minimum absolute atomic E-state index is 0.0759. The number of ether oxygens (including phenoxy) is 1. The van der Waals surface area contributed by atoms with Crippen molar-refractivity contribution in [3.05, 3.63) is 18.3 Å². The molecule has 5 nitrogen and oxygen atoms in total. The minimum Gasteiger partial charge on any atom is -0.381 e. The number of nitrogens with zero attached hydrogens (tertiary/aromatic N) is 4. The van der Waals surface area contributed by atoms with Crippen LogP contribution in [0.3, 0.4) is 0 Å². The van der Waals surface area contributed by atoms with Crippen LogP contribution in [-0.4, -0.2) is 79.1 Å². The van der Waals surface area contributed by atoms with E-state index in [1.54, 1.807) is 0 Å². The van der Waals surface area contributed by atoms with E-state index in [1.165, 1.54) is 51.7 Å². The molecular formula is C24H36F2N4OS. The standard InChI is InChI=1S/C24H36F2N4OS/c25-24(26)8-12-29(13-9-24)22-2-1-21(17-27-22)32-30-14-7-23(19-30)5-10-28(11-6-23)18-20-3-15-31-16-4-20/h1-2,17,20H,3-16,18-19H2. The van der Waals surface area contributed by atoms with Crippen LogP contribution in [0.15, 0.2) is 23.2 Å². The van der Waals surface area contributed by atoms with Crippen molar-refractivity contribution in [3.63, 3.8) is 0 Å². The zero-order chi connectivity index (χ0) is 22.0. The summed E-state index contributed by atoms with van der Waals surface area (Å²) in [4.78, 5) is 10.4. The maximum atomic E-state index is 13.4. The normalized spacial score (nSPS) is 27.2. The van der Waals surface area contributed by atoms with E-state index in [-0.39, 0.29) is 12.8 Å². The molecule has 0 atom stereocenters. The van der Waals surface area contributed by atoms with Gasteiger partial charge in [-0.2, -0.15) is 0 Å². The zero-order valence-corrected chi connectivity index (χ0v) is 19.8. The fraction of sp³-hybridized carbons (Fsp3) is 0.792. The second-order valence-corrected chi connectivity index (χ2v) is 11.4. The molecule has 0 N–H and O–H groups in total. The SMILES string of the molecule is FC1(F)CCN(c2ccc(SN3CCC4(CCN(CC5CCOCC5)CC4)C3)cn2)CC1. The first kappa shape index (κ1) is 22.8. The molecule has 1 spiro atoms. The number of aromatic nitrogens is 1. The fourth-order valence-corrected chi connectivity index (χ4v) is 6.76. The van der Waals surface area contributed by atoms with Gasteiger partial charge >= 0.3 is 0 Å². The molecule has 0 amide bonds. The molecule has 0 saturated carbocycles. The van der Waals surface area contributed by atoms with Gasteiger partial charge in [-0.25, -0.2) is 18.1 Å². The Morgan fingerprint density at radius 3 is 2.38 bits per heavy atom. The van der Waals surface area contributed by atoms with Crippen molar-refractivity contribution in [2.24, 2.45) is 11.3 Å². The quantitative estimate of drug-likeness (QED) is 0.593. The third-order valence-corrected chi connectivity index (χ3v) is 8.97. The van der Waals surface area contributed by atoms with Gasteiger partial charge in [0, 0.05) is 69.9 Å². The molecule has 0 aliphatic carbocycles. The van der Waals surface area contributed by atoms with Gasteiger partial charge in [0.2, 0.25) is 0 Å². The Hall–Kier alpha value is -0.960. The fourth-order valence-electron chi connectivity index (χ4n) is 5.71. The molecule has 0 aromatic carbocycles. The van der Waals surface area contributed by atoms with E-state index < -0.39 is 5.92 Å². The number of anilines is 1. The van der Waals surface area contributed by atoms with Gasteiger partial charge in [0.1, 0.15) is 5.82 Å². The van der Waals surface area contributed by atoms with Crippen molar-refractivity contribution in [1.82, 2.24) is 14.2 Å². The van der Waals surface area contributed by atoms with Crippen LogP contribution in [0.5, 0.6) is 0 Å². The molecule has 1 aromatic heterocycles. The first-order valence-corrected chi connectivity index (χ1v) is 13.1. The largest absolute Gasteiger partial charge is 0.381 e. The van der Waals surface area contributed by atoms with E-state index in [4.69, 9.17) is 4.74 Å². The molecule has 0 unspecified atom stereocenters. The number of piperidine rings is 2. The number of rotatable bonds is 5. The van der Waals surface area contributed by atoms with Gasteiger partial charge in [-0.1, -0.05) is 0 Å². The number of alkyl halides is 2. The highest BCUT2D eigenvalue weighted by Crippen LogP contribution is 2.44. The summed E-state index contributed by atoms with van der Waals surface area (Å²) in [5, 5.41) is 0. The molecule has 1 aromatic rings. The number of halogens is 2. The van der Waals surface area contributed by atoms with Crippen molar-refractivity contribution in [1.29, 1.82) is 0 Å². The van der Waals surface area contributed by atoms with Crippen LogP contribution in [0.25, 0.3) is 0 Å². The summed E-state index contributed by atoms with van der Waals surface area (Å²) < 4.78 is 34.8. The molecule has 32 heavy (non-hydrogen) atoms. The average molecular weight is 467 g/mol. The maximum absolute atomic E-state index is 13.4. The number of hydrogen-bond acceptors (Lipinski definition) is 6. The summed E-state index contributed by atoms with van der Waals surface area (Å²) in [7, 11) is 0. The molecule has 4 aliphatic heterocycles. The first-order valence-electron chi connectivity index (χ1n) is 12.3. The Kier molecular flexibility index (Phi) is 6.93. The zero-order valence-electron chi connectivity index (χ0n) is 19.0. The highest BCUT2D eigenvalue weighted by molar-refractivity contribution is 7.97. The van der Waals surface area contributed by atoms with Crippen LogP contribution in [0.1, 0.15) is 44.9 Å². The summed E-state index contributed by atoms with van der Waals surface area (Å²) in [5.74, 6) is -0.871. The van der Waals surface area contributed by atoms with Crippen molar-refractivity contribution in [2.75, 3.05) is 63.9 Å². The van der Waals surface area contributed by atoms with Gasteiger partial charge < -0.3 is 14.5 Å². The number of hydrogen-bond donors (Lipinski definition) is 0. The summed E-state index contributed by atoms with van der Waals surface area (Å²) >= 11 is 1.81. The van der Waals surface area contributed by atoms with Crippen LogP contribution < -0.4 is 4.90 Å². The van der Waals surface area contributed by atoms with Gasteiger partial charge in [-0.3, -0.25) is 0 Å². The van der Waals surface area contributed by atoms with Crippen molar-refractivity contribution in [3.8, 4) is 0 Å². The highest BCUT2D eigenvalue weighted by Gasteiger charge is 2.41. The summed E-state index contributed by atoms with van der Waals surface area (Å²) in [6, 6.07) is 4.09. The predicted molar refractivity (Wildman–Crippen MR) is 124 cm³/mol. The Labute approximate surface area is 195 Å². The maximum Gasteiger partial charge on any atom is 0.251 e. The molecule has 4 saturated heterocycles. The van der Waals surface area contributed by atoms with Crippen LogP contribution in [0, 0.1) is 11.3 Å². The molecule has 4 aliphatic rings. The van der Waals surface area contributed by atoms with E-state index in [1.807, 2.05) is 29.1 Å². The molecule has 4 fully saturated rings. The summed E-state index contributed by atoms with van der Waals surface area (Å²) in [6.45, 7) is 8.67. The van der Waals surface area contributed by atoms with Gasteiger partial charge in [0.15, 0.2) is 0 Å². The van der Waals surface area contributed by atoms with Crippen LogP contribution in [-0.2, 0) is 4.74 Å². The van der Waals surface area contributed by atoms with Crippen LogP contribution >= 0.6 is 11.9 Å². The molecule has 5 heterocycles. The second-order valence-electron chi connectivity index (χ2n) is 10.3. The average Bonchev–Trinajstić information content (AvgIpc) is 3.19. The smallest absolute Gasteiger partial charge is 0.251 e. The lowest BCUT2D eigenvalue weighted by atomic mass is 9.77. The van der Waals surface area contributed by atoms with Gasteiger partial charge in [-0.15, -0.1) is 0 Å². The molecule has 178 valence electrons. The summed E-state index contributed by atoms with van der Waals surface area (Å²) in [5.41, 5.74) is 0.478. The Morgan fingerprint density at radius 1 is 0.969 bits per heavy atom. The van der Waals surface area contributed by atoms with Crippen LogP contribution in [0.4, 0.5) is 14.6 Å². The van der Waals surface area contributed by atoms with E-state index in [0.717, 1.165) is 42.9 Å². The highest BCUT2D eigenvalue weighted by atomic mass is 32.2. The Balaban J connectivity index is 1.08. The lowest BCUT2D eigenvalue weighted by Crippen LogP contribution is -2.43. The monoisotopic (exact) mass is 466 g/mol. The topological polar surface area (TPSA) is 31.8 Å². The van der Waals surface area contributed by atoms with Gasteiger partial charge in [0.05, 0.1) is 0 Å². The second kappa shape index (κ2) is 9.72. The third kappa shape index (κ3) is 5.57. The number of pyridine rings is 1.